The summed E-state index contributed by atoms with van der Waals surface area (Å²) in [5.74, 6) is 0. The molecular formula is C9H19N3. The van der Waals surface area contributed by atoms with E-state index in [1.54, 1.807) is 0 Å². The number of hydrogen-bond donors (Lipinski definition) is 2. The molecule has 0 aromatic carbocycles. The van der Waals surface area contributed by atoms with Crippen LogP contribution in [0, 0.1) is 5.41 Å². The summed E-state index contributed by atoms with van der Waals surface area (Å²) in [4.78, 5) is 0. The maximum Gasteiger partial charge on any atom is 0.0416 e. The van der Waals surface area contributed by atoms with Crippen LogP contribution >= 0.6 is 0 Å². The SMILES string of the molecule is CC(C)(C)C1CNN(C2CC2)N1. The van der Waals surface area contributed by atoms with Crippen molar-refractivity contribution in [1.29, 1.82) is 0 Å². The maximum absolute atomic E-state index is 3.52. The van der Waals surface area contributed by atoms with Gasteiger partial charge in [0, 0.05) is 18.6 Å². The zero-order valence-corrected chi connectivity index (χ0v) is 8.22. The van der Waals surface area contributed by atoms with Crippen LogP contribution in [0.2, 0.25) is 0 Å². The normalized spacial score (nSPS) is 32.8. The standard InChI is InChI=1S/C9H19N3/c1-9(2,3)8-6-10-12(11-8)7-4-5-7/h7-8,10-11H,4-6H2,1-3H3. The Morgan fingerprint density at radius 1 is 1.25 bits per heavy atom. The predicted molar refractivity (Wildman–Crippen MR) is 49.2 cm³/mol. The molecule has 0 spiro atoms. The maximum atomic E-state index is 3.52. The smallest absolute Gasteiger partial charge is 0.0416 e. The molecule has 12 heavy (non-hydrogen) atoms. The highest BCUT2D eigenvalue weighted by molar-refractivity contribution is 4.90. The van der Waals surface area contributed by atoms with E-state index in [9.17, 15) is 0 Å². The fourth-order valence-corrected chi connectivity index (χ4v) is 1.52. The van der Waals surface area contributed by atoms with Gasteiger partial charge in [0.2, 0.25) is 0 Å². The molecule has 1 saturated carbocycles. The van der Waals surface area contributed by atoms with E-state index in [-0.39, 0.29) is 0 Å². The second-order valence-electron chi connectivity index (χ2n) is 5.01. The van der Waals surface area contributed by atoms with E-state index in [4.69, 9.17) is 0 Å². The summed E-state index contributed by atoms with van der Waals surface area (Å²) in [6, 6.07) is 1.34. The number of hydrazine groups is 2. The molecule has 1 aliphatic carbocycles. The van der Waals surface area contributed by atoms with Crippen molar-refractivity contribution in [1.82, 2.24) is 16.0 Å². The monoisotopic (exact) mass is 169 g/mol. The molecule has 1 atom stereocenters. The van der Waals surface area contributed by atoms with Crippen molar-refractivity contribution in [2.45, 2.75) is 45.7 Å². The van der Waals surface area contributed by atoms with E-state index in [0.29, 0.717) is 11.5 Å². The third-order valence-corrected chi connectivity index (χ3v) is 2.72. The van der Waals surface area contributed by atoms with E-state index in [1.807, 2.05) is 0 Å². The van der Waals surface area contributed by atoms with Gasteiger partial charge in [-0.3, -0.25) is 0 Å². The lowest BCUT2D eigenvalue weighted by atomic mass is 9.88. The van der Waals surface area contributed by atoms with E-state index >= 15 is 0 Å². The first-order valence-corrected chi connectivity index (χ1v) is 4.86. The zero-order valence-electron chi connectivity index (χ0n) is 8.22. The van der Waals surface area contributed by atoms with Crippen molar-refractivity contribution < 1.29 is 0 Å². The summed E-state index contributed by atoms with van der Waals surface area (Å²) < 4.78 is 0. The van der Waals surface area contributed by atoms with Crippen LogP contribution in [-0.4, -0.2) is 23.7 Å². The fraction of sp³-hybridized carbons (Fsp3) is 1.00. The van der Waals surface area contributed by atoms with E-state index in [2.05, 4.69) is 36.7 Å². The lowest BCUT2D eigenvalue weighted by molar-refractivity contribution is 0.140. The molecule has 0 radical (unpaired) electrons. The highest BCUT2D eigenvalue weighted by Crippen LogP contribution is 2.28. The molecule has 1 heterocycles. The molecule has 70 valence electrons. The van der Waals surface area contributed by atoms with E-state index < -0.39 is 0 Å². The molecule has 2 fully saturated rings. The second kappa shape index (κ2) is 2.69. The first kappa shape index (κ1) is 8.48. The Hall–Kier alpha value is -0.120. The molecule has 2 N–H and O–H groups in total. The van der Waals surface area contributed by atoms with Gasteiger partial charge in [-0.15, -0.1) is 0 Å². The molecule has 0 bridgehead atoms. The van der Waals surface area contributed by atoms with E-state index in [1.165, 1.54) is 12.8 Å². The lowest BCUT2D eigenvalue weighted by Gasteiger charge is -2.26. The van der Waals surface area contributed by atoms with Crippen molar-refractivity contribution in [3.63, 3.8) is 0 Å². The summed E-state index contributed by atoms with van der Waals surface area (Å²) in [6.07, 6.45) is 2.69. The van der Waals surface area contributed by atoms with Crippen molar-refractivity contribution in [2.75, 3.05) is 6.54 Å². The molecule has 0 aromatic rings. The lowest BCUT2D eigenvalue weighted by Crippen LogP contribution is -2.45. The Bertz CT molecular complexity index is 169. The van der Waals surface area contributed by atoms with Crippen molar-refractivity contribution in [2.24, 2.45) is 5.41 Å². The highest BCUT2D eigenvalue weighted by atomic mass is 15.8. The Morgan fingerprint density at radius 2 is 1.92 bits per heavy atom. The van der Waals surface area contributed by atoms with Gasteiger partial charge in [-0.2, -0.15) is 5.12 Å². The van der Waals surface area contributed by atoms with Gasteiger partial charge in [0.1, 0.15) is 0 Å². The average molecular weight is 169 g/mol. The van der Waals surface area contributed by atoms with Crippen LogP contribution in [0.3, 0.4) is 0 Å². The third kappa shape index (κ3) is 1.63. The van der Waals surface area contributed by atoms with Crippen LogP contribution < -0.4 is 10.9 Å². The molecule has 2 aliphatic rings. The Morgan fingerprint density at radius 3 is 2.33 bits per heavy atom. The summed E-state index contributed by atoms with van der Waals surface area (Å²) >= 11 is 0. The summed E-state index contributed by atoms with van der Waals surface area (Å²) in [5, 5.41) is 2.20. The highest BCUT2D eigenvalue weighted by Gasteiger charge is 2.38. The average Bonchev–Trinajstić information content (AvgIpc) is 2.66. The Balaban J connectivity index is 1.88. The molecule has 3 nitrogen and oxygen atoms in total. The molecule has 0 aromatic heterocycles. The minimum absolute atomic E-state index is 0.358. The van der Waals surface area contributed by atoms with Crippen LogP contribution in [0.25, 0.3) is 0 Å². The van der Waals surface area contributed by atoms with Crippen LogP contribution in [0.4, 0.5) is 0 Å². The Labute approximate surface area is 74.4 Å². The topological polar surface area (TPSA) is 27.3 Å². The fourth-order valence-electron chi connectivity index (χ4n) is 1.52. The first-order chi connectivity index (χ1) is 5.57. The number of hydrogen-bond acceptors (Lipinski definition) is 3. The van der Waals surface area contributed by atoms with Crippen LogP contribution in [-0.2, 0) is 0 Å². The predicted octanol–water partition coefficient (Wildman–Crippen LogP) is 0.888. The molecule has 1 saturated heterocycles. The minimum Gasteiger partial charge on any atom is -0.240 e. The molecular weight excluding hydrogens is 150 g/mol. The number of rotatable bonds is 1. The molecule has 2 rings (SSSR count). The van der Waals surface area contributed by atoms with Crippen molar-refractivity contribution >= 4 is 0 Å². The van der Waals surface area contributed by atoms with Gasteiger partial charge in [-0.05, 0) is 18.3 Å². The van der Waals surface area contributed by atoms with Gasteiger partial charge in [-0.25, -0.2) is 10.9 Å². The second-order valence-corrected chi connectivity index (χ2v) is 5.01. The first-order valence-electron chi connectivity index (χ1n) is 4.86. The van der Waals surface area contributed by atoms with Crippen molar-refractivity contribution in [3.05, 3.63) is 0 Å². The van der Waals surface area contributed by atoms with Gasteiger partial charge >= 0.3 is 0 Å². The zero-order chi connectivity index (χ0) is 8.77. The van der Waals surface area contributed by atoms with Crippen molar-refractivity contribution in [3.8, 4) is 0 Å². The van der Waals surface area contributed by atoms with Crippen LogP contribution in [0.1, 0.15) is 33.6 Å². The van der Waals surface area contributed by atoms with E-state index in [0.717, 1.165) is 12.6 Å². The third-order valence-electron chi connectivity index (χ3n) is 2.72. The largest absolute Gasteiger partial charge is 0.240 e. The van der Waals surface area contributed by atoms with Gasteiger partial charge in [0.05, 0.1) is 0 Å². The quantitative estimate of drug-likeness (QED) is 0.610. The van der Waals surface area contributed by atoms with Gasteiger partial charge in [0.15, 0.2) is 0 Å². The molecule has 1 aliphatic heterocycles. The molecule has 3 heteroatoms. The molecule has 1 unspecified atom stereocenters. The summed E-state index contributed by atoms with van der Waals surface area (Å²) in [6.45, 7) is 7.91. The Kier molecular flexibility index (Phi) is 1.90. The van der Waals surface area contributed by atoms with Crippen LogP contribution in [0.5, 0.6) is 0 Å². The summed E-state index contributed by atoms with van der Waals surface area (Å²) in [5.41, 5.74) is 7.27. The minimum atomic E-state index is 0.358. The molecule has 0 amide bonds. The van der Waals surface area contributed by atoms with Gasteiger partial charge in [-0.1, -0.05) is 20.8 Å². The van der Waals surface area contributed by atoms with Crippen LogP contribution in [0.15, 0.2) is 0 Å². The summed E-state index contributed by atoms with van der Waals surface area (Å²) in [7, 11) is 0. The van der Waals surface area contributed by atoms with Gasteiger partial charge < -0.3 is 0 Å². The van der Waals surface area contributed by atoms with Gasteiger partial charge in [0.25, 0.3) is 0 Å². The number of nitrogens with zero attached hydrogens (tertiary/aromatic N) is 1. The number of nitrogens with one attached hydrogen (secondary N) is 2.